The SMILES string of the molecule is CCOC(=O)[C@](C)(c1ccc(C2CC2)cn1)C(C#N)C#N. The molecule has 0 aliphatic heterocycles. The molecule has 1 heterocycles. The number of carbonyl (C=O) groups excluding carboxylic acids is 1. The Bertz CT molecular complexity index is 594. The molecule has 0 saturated heterocycles. The number of hydrogen-bond donors (Lipinski definition) is 0. The maximum atomic E-state index is 12.3. The fourth-order valence-electron chi connectivity index (χ4n) is 2.31. The summed E-state index contributed by atoms with van der Waals surface area (Å²) < 4.78 is 5.05. The molecule has 1 aromatic heterocycles. The van der Waals surface area contributed by atoms with Crippen LogP contribution in [0.4, 0.5) is 0 Å². The predicted octanol–water partition coefficient (Wildman–Crippen LogP) is 2.44. The number of ether oxygens (including phenoxy) is 1. The summed E-state index contributed by atoms with van der Waals surface area (Å²) in [5, 5.41) is 18.4. The van der Waals surface area contributed by atoms with Crippen molar-refractivity contribution in [2.24, 2.45) is 5.92 Å². The summed E-state index contributed by atoms with van der Waals surface area (Å²) in [5.41, 5.74) is 0.163. The second kappa shape index (κ2) is 5.93. The number of esters is 1. The summed E-state index contributed by atoms with van der Waals surface area (Å²) in [6.45, 7) is 3.43. The van der Waals surface area contributed by atoms with Gasteiger partial charge in [0.15, 0.2) is 5.92 Å². The largest absolute Gasteiger partial charge is 0.465 e. The highest BCUT2D eigenvalue weighted by Gasteiger charge is 2.46. The molecule has 2 rings (SSSR count). The molecule has 0 radical (unpaired) electrons. The molecule has 108 valence electrons. The van der Waals surface area contributed by atoms with Crippen LogP contribution in [0.1, 0.15) is 43.9 Å². The van der Waals surface area contributed by atoms with E-state index in [2.05, 4.69) is 4.98 Å². The van der Waals surface area contributed by atoms with Gasteiger partial charge in [-0.3, -0.25) is 9.78 Å². The lowest BCUT2D eigenvalue weighted by molar-refractivity contribution is -0.150. The summed E-state index contributed by atoms with van der Waals surface area (Å²) in [4.78, 5) is 16.6. The molecule has 1 saturated carbocycles. The first-order chi connectivity index (χ1) is 10.1. The highest BCUT2D eigenvalue weighted by molar-refractivity contribution is 5.83. The Kier molecular flexibility index (Phi) is 4.23. The van der Waals surface area contributed by atoms with Crippen LogP contribution >= 0.6 is 0 Å². The van der Waals surface area contributed by atoms with E-state index < -0.39 is 17.3 Å². The van der Waals surface area contributed by atoms with E-state index in [4.69, 9.17) is 4.74 Å². The smallest absolute Gasteiger partial charge is 0.320 e. The second-order valence-corrected chi connectivity index (χ2v) is 5.37. The molecule has 0 spiro atoms. The van der Waals surface area contributed by atoms with Gasteiger partial charge in [0.1, 0.15) is 5.41 Å². The molecule has 5 heteroatoms. The number of nitrogens with zero attached hydrogens (tertiary/aromatic N) is 3. The number of pyridine rings is 1. The third-order valence-corrected chi connectivity index (χ3v) is 3.90. The van der Waals surface area contributed by atoms with Gasteiger partial charge in [-0.1, -0.05) is 6.07 Å². The minimum atomic E-state index is -1.37. The highest BCUT2D eigenvalue weighted by Crippen LogP contribution is 2.40. The van der Waals surface area contributed by atoms with Crippen molar-refractivity contribution in [3.05, 3.63) is 29.6 Å². The normalized spacial score (nSPS) is 16.6. The number of carbonyl (C=O) groups is 1. The summed E-state index contributed by atoms with van der Waals surface area (Å²) >= 11 is 0. The van der Waals surface area contributed by atoms with E-state index in [0.29, 0.717) is 11.6 Å². The molecule has 0 unspecified atom stereocenters. The van der Waals surface area contributed by atoms with E-state index in [1.807, 2.05) is 18.2 Å². The number of nitriles is 2. The Balaban J connectivity index is 2.41. The Morgan fingerprint density at radius 3 is 2.57 bits per heavy atom. The molecular formula is C16H17N3O2. The van der Waals surface area contributed by atoms with Crippen molar-refractivity contribution in [3.63, 3.8) is 0 Å². The van der Waals surface area contributed by atoms with Crippen LogP contribution in [0, 0.1) is 28.6 Å². The monoisotopic (exact) mass is 283 g/mol. The van der Waals surface area contributed by atoms with Gasteiger partial charge in [0, 0.05) is 6.20 Å². The lowest BCUT2D eigenvalue weighted by Crippen LogP contribution is -2.41. The molecule has 21 heavy (non-hydrogen) atoms. The van der Waals surface area contributed by atoms with E-state index in [1.165, 1.54) is 0 Å². The molecule has 1 atom stereocenters. The zero-order valence-electron chi connectivity index (χ0n) is 12.2. The van der Waals surface area contributed by atoms with Crippen molar-refractivity contribution < 1.29 is 9.53 Å². The number of hydrogen-bond acceptors (Lipinski definition) is 5. The van der Waals surface area contributed by atoms with Crippen LogP contribution in [-0.2, 0) is 14.9 Å². The van der Waals surface area contributed by atoms with E-state index in [1.54, 1.807) is 26.1 Å². The van der Waals surface area contributed by atoms with Crippen LogP contribution in [0.15, 0.2) is 18.3 Å². The van der Waals surface area contributed by atoms with Crippen molar-refractivity contribution >= 4 is 5.97 Å². The lowest BCUT2D eigenvalue weighted by atomic mass is 9.75. The van der Waals surface area contributed by atoms with Crippen LogP contribution in [0.2, 0.25) is 0 Å². The van der Waals surface area contributed by atoms with E-state index in [9.17, 15) is 15.3 Å². The number of rotatable bonds is 5. The van der Waals surface area contributed by atoms with Crippen LogP contribution < -0.4 is 0 Å². The zero-order chi connectivity index (χ0) is 15.5. The van der Waals surface area contributed by atoms with Gasteiger partial charge in [0.2, 0.25) is 0 Å². The van der Waals surface area contributed by atoms with E-state index in [0.717, 1.165) is 18.4 Å². The minimum absolute atomic E-state index is 0.193. The zero-order valence-corrected chi connectivity index (χ0v) is 12.2. The van der Waals surface area contributed by atoms with Crippen LogP contribution in [0.3, 0.4) is 0 Å². The molecule has 1 fully saturated rings. The Morgan fingerprint density at radius 1 is 1.48 bits per heavy atom. The topological polar surface area (TPSA) is 86.8 Å². The molecular weight excluding hydrogens is 266 g/mol. The first-order valence-corrected chi connectivity index (χ1v) is 7.00. The molecule has 5 nitrogen and oxygen atoms in total. The van der Waals surface area contributed by atoms with Crippen molar-refractivity contribution in [2.45, 2.75) is 38.0 Å². The van der Waals surface area contributed by atoms with Gasteiger partial charge in [-0.05, 0) is 44.2 Å². The van der Waals surface area contributed by atoms with Gasteiger partial charge in [0.25, 0.3) is 0 Å². The fraction of sp³-hybridized carbons (Fsp3) is 0.500. The average molecular weight is 283 g/mol. The van der Waals surface area contributed by atoms with Crippen molar-refractivity contribution in [2.75, 3.05) is 6.61 Å². The van der Waals surface area contributed by atoms with E-state index in [-0.39, 0.29) is 6.61 Å². The van der Waals surface area contributed by atoms with Gasteiger partial charge in [-0.25, -0.2) is 0 Å². The molecule has 0 bridgehead atoms. The Hall–Kier alpha value is -2.40. The minimum Gasteiger partial charge on any atom is -0.465 e. The third-order valence-electron chi connectivity index (χ3n) is 3.90. The lowest BCUT2D eigenvalue weighted by Gasteiger charge is -2.27. The quantitative estimate of drug-likeness (QED) is 0.774. The van der Waals surface area contributed by atoms with Gasteiger partial charge >= 0.3 is 5.97 Å². The van der Waals surface area contributed by atoms with Crippen molar-refractivity contribution in [1.29, 1.82) is 10.5 Å². The Morgan fingerprint density at radius 2 is 2.14 bits per heavy atom. The molecule has 0 N–H and O–H groups in total. The number of aromatic nitrogens is 1. The molecule has 1 aliphatic carbocycles. The molecule has 0 amide bonds. The van der Waals surface area contributed by atoms with Gasteiger partial charge in [0.05, 0.1) is 24.4 Å². The maximum Gasteiger partial charge on any atom is 0.320 e. The van der Waals surface area contributed by atoms with Crippen molar-refractivity contribution in [1.82, 2.24) is 4.98 Å². The first-order valence-electron chi connectivity index (χ1n) is 7.00. The van der Waals surface area contributed by atoms with Crippen LogP contribution in [0.25, 0.3) is 0 Å². The van der Waals surface area contributed by atoms with Gasteiger partial charge in [-0.2, -0.15) is 10.5 Å². The summed E-state index contributed by atoms with van der Waals surface area (Å²) in [7, 11) is 0. The third kappa shape index (κ3) is 2.73. The first kappa shape index (κ1) is 15.0. The average Bonchev–Trinajstić information content (AvgIpc) is 3.33. The summed E-state index contributed by atoms with van der Waals surface area (Å²) in [6, 6.07) is 7.40. The van der Waals surface area contributed by atoms with Crippen LogP contribution in [0.5, 0.6) is 0 Å². The second-order valence-electron chi connectivity index (χ2n) is 5.37. The van der Waals surface area contributed by atoms with Crippen LogP contribution in [-0.4, -0.2) is 17.6 Å². The maximum absolute atomic E-state index is 12.3. The van der Waals surface area contributed by atoms with Gasteiger partial charge < -0.3 is 4.74 Å². The molecule has 0 aromatic carbocycles. The standard InChI is InChI=1S/C16H17N3O2/c1-3-21-15(20)16(2,13(8-17)9-18)14-7-6-12(10-19-14)11-4-5-11/h6-7,10-11,13H,3-5H2,1-2H3/t16-/m0/s1. The fourth-order valence-corrected chi connectivity index (χ4v) is 2.31. The van der Waals surface area contributed by atoms with Gasteiger partial charge in [-0.15, -0.1) is 0 Å². The molecule has 1 aromatic rings. The molecule has 1 aliphatic rings. The highest BCUT2D eigenvalue weighted by atomic mass is 16.5. The summed E-state index contributed by atoms with van der Waals surface area (Å²) in [6.07, 6.45) is 4.06. The summed E-state index contributed by atoms with van der Waals surface area (Å²) in [5.74, 6) is -1.18. The predicted molar refractivity (Wildman–Crippen MR) is 74.9 cm³/mol. The van der Waals surface area contributed by atoms with E-state index >= 15 is 0 Å². The van der Waals surface area contributed by atoms with Crippen molar-refractivity contribution in [3.8, 4) is 12.1 Å². The Labute approximate surface area is 124 Å².